The van der Waals surface area contributed by atoms with Crippen LogP contribution in [0.15, 0.2) is 5.18 Å². The van der Waals surface area contributed by atoms with Crippen LogP contribution in [0.1, 0.15) is 0 Å². The van der Waals surface area contributed by atoms with Crippen LogP contribution in [-0.2, 0) is 0 Å². The molecule has 0 aliphatic heterocycles. The number of hydrogen-bond acceptors (Lipinski definition) is 3. The van der Waals surface area contributed by atoms with Gasteiger partial charge in [0.25, 0.3) is 6.57 Å². The normalized spacial score (nSPS) is 12.0. The molecule has 0 aromatic rings. The molecule has 8 heavy (non-hydrogen) atoms. The summed E-state index contributed by atoms with van der Waals surface area (Å²) in [5.74, 6) is 0. The Balaban J connectivity index is 3.40. The Morgan fingerprint density at radius 1 is 1.88 bits per heavy atom. The van der Waals surface area contributed by atoms with Gasteiger partial charge in [0.2, 0.25) is 0 Å². The van der Waals surface area contributed by atoms with E-state index in [-0.39, 0.29) is 19.1 Å². The van der Waals surface area contributed by atoms with Crippen LogP contribution in [0.2, 0.25) is 0 Å². The molecule has 0 bridgehead atoms. The van der Waals surface area contributed by atoms with Gasteiger partial charge in [0, 0.05) is 0 Å². The smallest absolute Gasteiger partial charge is 0.306 e. The predicted molar refractivity (Wildman–Crippen MR) is 31.8 cm³/mol. The fourth-order valence-electron chi connectivity index (χ4n) is 0.269. The van der Waals surface area contributed by atoms with E-state index in [0.717, 1.165) is 0 Å². The molecule has 0 saturated heterocycles. The first-order valence-electron chi connectivity index (χ1n) is 2.24. The van der Waals surface area contributed by atoms with Crippen LogP contribution in [0.3, 0.4) is 0 Å². The fraction of sp³-hybridized carbons (Fsp3) is 0.750. The van der Waals surface area contributed by atoms with E-state index in [0.29, 0.717) is 0 Å². The monoisotopic (exact) mass is 114 g/mol. The van der Waals surface area contributed by atoms with Crippen LogP contribution in [0.4, 0.5) is 0 Å². The molecule has 0 rings (SSSR count). The molecule has 0 fully saturated rings. The molecule has 4 nitrogen and oxygen atoms in total. The van der Waals surface area contributed by atoms with E-state index in [2.05, 4.69) is 10.0 Å². The molecule has 0 saturated carbocycles. The van der Waals surface area contributed by atoms with Crippen LogP contribution in [-0.4, -0.2) is 19.1 Å². The van der Waals surface area contributed by atoms with Gasteiger partial charge < -0.3 is 5.73 Å². The highest BCUT2D eigenvalue weighted by Crippen LogP contribution is 1.85. The third-order valence-corrected chi connectivity index (χ3v) is 0.768. The Morgan fingerprint density at radius 3 is 2.62 bits per heavy atom. The highest BCUT2D eigenvalue weighted by Gasteiger charge is 2.12. The molecular weight excluding hydrogens is 106 g/mol. The van der Waals surface area contributed by atoms with Crippen molar-refractivity contribution in [3.8, 4) is 6.57 Å². The largest absolute Gasteiger partial charge is 0.324 e. The Labute approximate surface area is 47.5 Å². The summed E-state index contributed by atoms with van der Waals surface area (Å²) in [6, 6.07) is -0.299. The lowest BCUT2D eigenvalue weighted by atomic mass is 10.3. The molecule has 0 aliphatic carbocycles. The van der Waals surface area contributed by atoms with Crippen molar-refractivity contribution < 1.29 is 0 Å². The first-order chi connectivity index (χ1) is 3.85. The Kier molecular flexibility index (Phi) is 3.71. The molecule has 0 spiro atoms. The van der Waals surface area contributed by atoms with Crippen molar-refractivity contribution in [3.05, 3.63) is 9.75 Å². The number of nitroso groups, excluding NO2 is 1. The maximum absolute atomic E-state index is 9.51. The first kappa shape index (κ1) is 7.05. The molecule has 0 aromatic carbocycles. The molecule has 0 aromatic heterocycles. The van der Waals surface area contributed by atoms with Crippen molar-refractivity contribution >= 4 is 0 Å². The fourth-order valence-corrected chi connectivity index (χ4v) is 0.269. The van der Waals surface area contributed by atoms with E-state index >= 15 is 0 Å². The van der Waals surface area contributed by atoms with Gasteiger partial charge in [-0.1, -0.05) is 10.0 Å². The minimum absolute atomic E-state index is 0.0764. The Morgan fingerprint density at radius 2 is 2.50 bits per heavy atom. The Hall–Kier alpha value is -0.950. The van der Waals surface area contributed by atoms with Crippen LogP contribution in [0, 0.1) is 11.5 Å². The molecule has 1 atom stereocenters. The molecule has 0 heterocycles. The van der Waals surface area contributed by atoms with E-state index in [4.69, 9.17) is 12.3 Å². The number of nitrogens with two attached hydrogens (primary N) is 1. The topological polar surface area (TPSA) is 59.8 Å². The molecule has 1 unspecified atom stereocenters. The zero-order chi connectivity index (χ0) is 6.41. The van der Waals surface area contributed by atoms with E-state index < -0.39 is 0 Å². The third kappa shape index (κ3) is 2.26. The highest BCUT2D eigenvalue weighted by atomic mass is 16.3. The average molecular weight is 114 g/mol. The van der Waals surface area contributed by atoms with Crippen LogP contribution in [0.25, 0.3) is 4.85 Å². The van der Waals surface area contributed by atoms with Crippen LogP contribution >= 0.6 is 0 Å². The summed E-state index contributed by atoms with van der Waals surface area (Å²) in [6.07, 6.45) is 0. The SMILES string of the molecule is C#[N+]C(CN)CN=O. The maximum Gasteiger partial charge on any atom is 0.306 e. The van der Waals surface area contributed by atoms with E-state index in [1.165, 1.54) is 0 Å². The minimum Gasteiger partial charge on any atom is -0.324 e. The highest BCUT2D eigenvalue weighted by molar-refractivity contribution is 4.84. The minimum atomic E-state index is -0.299. The van der Waals surface area contributed by atoms with Crippen molar-refractivity contribution in [2.24, 2.45) is 10.9 Å². The van der Waals surface area contributed by atoms with Gasteiger partial charge in [-0.15, -0.1) is 0 Å². The third-order valence-electron chi connectivity index (χ3n) is 0.768. The van der Waals surface area contributed by atoms with Gasteiger partial charge in [-0.05, 0) is 0 Å². The zero-order valence-corrected chi connectivity index (χ0v) is 4.45. The summed E-state index contributed by atoms with van der Waals surface area (Å²) in [5.41, 5.74) is 5.10. The van der Waals surface area contributed by atoms with Crippen molar-refractivity contribution in [1.82, 2.24) is 0 Å². The summed E-state index contributed by atoms with van der Waals surface area (Å²) in [7, 11) is 0. The summed E-state index contributed by atoms with van der Waals surface area (Å²) in [6.45, 7) is 5.17. The van der Waals surface area contributed by atoms with Crippen molar-refractivity contribution in [2.75, 3.05) is 13.1 Å². The second-order valence-corrected chi connectivity index (χ2v) is 1.35. The molecule has 0 aliphatic rings. The van der Waals surface area contributed by atoms with Crippen LogP contribution < -0.4 is 5.73 Å². The number of hydrogen-bond donors (Lipinski definition) is 1. The van der Waals surface area contributed by atoms with Gasteiger partial charge in [-0.2, -0.15) is 4.91 Å². The van der Waals surface area contributed by atoms with Crippen molar-refractivity contribution in [3.63, 3.8) is 0 Å². The lowest BCUT2D eigenvalue weighted by Gasteiger charge is -1.85. The quantitative estimate of drug-likeness (QED) is 0.527. The van der Waals surface area contributed by atoms with E-state index in [1.807, 2.05) is 0 Å². The van der Waals surface area contributed by atoms with E-state index in [1.54, 1.807) is 0 Å². The lowest BCUT2D eigenvalue weighted by Crippen LogP contribution is -2.18. The molecule has 4 heteroatoms. The molecule has 2 N–H and O–H groups in total. The second-order valence-electron chi connectivity index (χ2n) is 1.35. The van der Waals surface area contributed by atoms with Gasteiger partial charge in [-0.3, -0.25) is 0 Å². The van der Waals surface area contributed by atoms with Gasteiger partial charge >= 0.3 is 6.04 Å². The first-order valence-corrected chi connectivity index (χ1v) is 2.24. The van der Waals surface area contributed by atoms with Gasteiger partial charge in [0.1, 0.15) is 0 Å². The van der Waals surface area contributed by atoms with Crippen LogP contribution in [0.5, 0.6) is 0 Å². The molecule has 44 valence electrons. The van der Waals surface area contributed by atoms with Crippen molar-refractivity contribution in [1.29, 1.82) is 0 Å². The maximum atomic E-state index is 9.51. The van der Waals surface area contributed by atoms with Gasteiger partial charge in [0.15, 0.2) is 6.54 Å². The molecular formula is C4H8N3O+. The summed E-state index contributed by atoms with van der Waals surface area (Å²) < 4.78 is 0. The molecule has 0 amide bonds. The standard InChI is InChI=1S/C4H8N3O/c1-6-4(2-5)3-7-8/h1,4H,2-3,5H2/q+1. The number of nitrogens with zero attached hydrogens (tertiary/aromatic N) is 2. The van der Waals surface area contributed by atoms with Gasteiger partial charge in [0.05, 0.1) is 6.54 Å². The van der Waals surface area contributed by atoms with Crippen molar-refractivity contribution in [2.45, 2.75) is 6.04 Å². The van der Waals surface area contributed by atoms with Gasteiger partial charge in [-0.25, -0.2) is 0 Å². The Bertz CT molecular complexity index is 106. The zero-order valence-electron chi connectivity index (χ0n) is 4.45. The predicted octanol–water partition coefficient (Wildman–Crippen LogP) is 0.0428. The second kappa shape index (κ2) is 4.22. The summed E-state index contributed by atoms with van der Waals surface area (Å²) in [4.78, 5) is 12.8. The summed E-state index contributed by atoms with van der Waals surface area (Å²) in [5, 5.41) is 2.57. The molecule has 0 radical (unpaired) electrons. The summed E-state index contributed by atoms with van der Waals surface area (Å²) >= 11 is 0. The lowest BCUT2D eigenvalue weighted by molar-refractivity contribution is 0.780. The number of rotatable bonds is 3. The van der Waals surface area contributed by atoms with E-state index in [9.17, 15) is 4.91 Å². The average Bonchev–Trinajstić information content (AvgIpc) is 1.83.